The summed E-state index contributed by atoms with van der Waals surface area (Å²) in [6.07, 6.45) is 8.01. The summed E-state index contributed by atoms with van der Waals surface area (Å²) in [6.45, 7) is 2.23. The number of hydrogen-bond donors (Lipinski definition) is 1. The fourth-order valence-electron chi connectivity index (χ4n) is 2.95. The summed E-state index contributed by atoms with van der Waals surface area (Å²) in [5.74, 6) is 0.0455. The van der Waals surface area contributed by atoms with E-state index in [1.54, 1.807) is 0 Å². The average Bonchev–Trinajstić information content (AvgIpc) is 2.64. The van der Waals surface area contributed by atoms with Crippen LogP contribution in [0, 0.1) is 0 Å². The normalized spacial score (nSPS) is 11.9. The number of unbranched alkanes of at least 4 members (excludes halogenated alkanes) is 3. The minimum absolute atomic E-state index is 0.0455. The SMILES string of the molecule is CCCCCC[C@@H](CCc1ccccc1)NC(=O)c1ccccc1. The van der Waals surface area contributed by atoms with Crippen LogP contribution in [0.1, 0.15) is 61.4 Å². The molecule has 1 atom stereocenters. The Labute approximate surface area is 146 Å². The highest BCUT2D eigenvalue weighted by Gasteiger charge is 2.13. The standard InChI is InChI=1S/C22H29NO/c1-2-3-4-11-16-21(18-17-19-12-7-5-8-13-19)23-22(24)20-14-9-6-10-15-20/h5-10,12-15,21H,2-4,11,16-18H2,1H3,(H,23,24)/t21-/m0/s1. The van der Waals surface area contributed by atoms with Crippen molar-refractivity contribution in [1.29, 1.82) is 0 Å². The first-order chi connectivity index (χ1) is 11.8. The molecule has 2 aromatic rings. The number of carbonyl (C=O) groups excluding carboxylic acids is 1. The minimum atomic E-state index is 0.0455. The zero-order valence-corrected chi connectivity index (χ0v) is 14.7. The van der Waals surface area contributed by atoms with Crippen molar-refractivity contribution in [2.45, 2.75) is 57.9 Å². The third kappa shape index (κ3) is 6.57. The van der Waals surface area contributed by atoms with E-state index in [9.17, 15) is 4.79 Å². The van der Waals surface area contributed by atoms with Crippen LogP contribution in [0.15, 0.2) is 60.7 Å². The van der Waals surface area contributed by atoms with E-state index in [1.807, 2.05) is 36.4 Å². The molecule has 0 aliphatic heterocycles. The van der Waals surface area contributed by atoms with Gasteiger partial charge < -0.3 is 5.32 Å². The first-order valence-electron chi connectivity index (χ1n) is 9.19. The molecule has 0 saturated carbocycles. The van der Waals surface area contributed by atoms with Crippen LogP contribution in [0.5, 0.6) is 0 Å². The van der Waals surface area contributed by atoms with E-state index in [-0.39, 0.29) is 11.9 Å². The molecule has 2 rings (SSSR count). The Balaban J connectivity index is 1.90. The van der Waals surface area contributed by atoms with E-state index in [4.69, 9.17) is 0 Å². The molecule has 1 N–H and O–H groups in total. The number of nitrogens with one attached hydrogen (secondary N) is 1. The monoisotopic (exact) mass is 323 g/mol. The molecule has 0 aliphatic carbocycles. The summed E-state index contributed by atoms with van der Waals surface area (Å²) in [5.41, 5.74) is 2.08. The summed E-state index contributed by atoms with van der Waals surface area (Å²) in [4.78, 5) is 12.4. The van der Waals surface area contributed by atoms with E-state index in [0.29, 0.717) is 0 Å². The highest BCUT2D eigenvalue weighted by molar-refractivity contribution is 5.94. The van der Waals surface area contributed by atoms with Crippen molar-refractivity contribution in [1.82, 2.24) is 5.32 Å². The fourth-order valence-corrected chi connectivity index (χ4v) is 2.95. The zero-order valence-electron chi connectivity index (χ0n) is 14.7. The highest BCUT2D eigenvalue weighted by Crippen LogP contribution is 2.13. The molecule has 1 amide bonds. The smallest absolute Gasteiger partial charge is 0.251 e. The van der Waals surface area contributed by atoms with Gasteiger partial charge in [-0.25, -0.2) is 0 Å². The van der Waals surface area contributed by atoms with Gasteiger partial charge in [0.25, 0.3) is 5.91 Å². The molecule has 0 heterocycles. The molecule has 128 valence electrons. The molecule has 0 bridgehead atoms. The summed E-state index contributed by atoms with van der Waals surface area (Å²) < 4.78 is 0. The summed E-state index contributed by atoms with van der Waals surface area (Å²) >= 11 is 0. The lowest BCUT2D eigenvalue weighted by Crippen LogP contribution is -2.35. The van der Waals surface area contributed by atoms with Crippen LogP contribution in [0.25, 0.3) is 0 Å². The van der Waals surface area contributed by atoms with E-state index < -0.39 is 0 Å². The molecular formula is C22H29NO. The molecule has 24 heavy (non-hydrogen) atoms. The fraction of sp³-hybridized carbons (Fsp3) is 0.409. The minimum Gasteiger partial charge on any atom is -0.349 e. The third-order valence-corrected chi connectivity index (χ3v) is 4.40. The molecule has 2 aromatic carbocycles. The number of hydrogen-bond acceptors (Lipinski definition) is 1. The van der Waals surface area contributed by atoms with Gasteiger partial charge in [-0.05, 0) is 37.0 Å². The molecule has 2 nitrogen and oxygen atoms in total. The van der Waals surface area contributed by atoms with Gasteiger partial charge in [0.15, 0.2) is 0 Å². The van der Waals surface area contributed by atoms with Crippen molar-refractivity contribution < 1.29 is 4.79 Å². The van der Waals surface area contributed by atoms with Gasteiger partial charge in [0.1, 0.15) is 0 Å². The lowest BCUT2D eigenvalue weighted by Gasteiger charge is -2.19. The maximum Gasteiger partial charge on any atom is 0.251 e. The van der Waals surface area contributed by atoms with Crippen molar-refractivity contribution in [3.63, 3.8) is 0 Å². The second kappa shape index (κ2) is 10.6. The summed E-state index contributed by atoms with van der Waals surface area (Å²) in [6, 6.07) is 20.3. The van der Waals surface area contributed by atoms with Gasteiger partial charge in [-0.2, -0.15) is 0 Å². The van der Waals surface area contributed by atoms with Gasteiger partial charge >= 0.3 is 0 Å². The van der Waals surface area contributed by atoms with Crippen LogP contribution >= 0.6 is 0 Å². The highest BCUT2D eigenvalue weighted by atomic mass is 16.1. The molecular weight excluding hydrogens is 294 g/mol. The topological polar surface area (TPSA) is 29.1 Å². The first-order valence-corrected chi connectivity index (χ1v) is 9.19. The van der Waals surface area contributed by atoms with Crippen LogP contribution < -0.4 is 5.32 Å². The lowest BCUT2D eigenvalue weighted by atomic mass is 9.99. The van der Waals surface area contributed by atoms with Crippen LogP contribution in [-0.2, 0) is 6.42 Å². The molecule has 0 radical (unpaired) electrons. The van der Waals surface area contributed by atoms with Crippen LogP contribution in [0.2, 0.25) is 0 Å². The van der Waals surface area contributed by atoms with E-state index in [0.717, 1.165) is 24.8 Å². The number of rotatable bonds is 10. The molecule has 2 heteroatoms. The van der Waals surface area contributed by atoms with Crippen molar-refractivity contribution in [2.24, 2.45) is 0 Å². The van der Waals surface area contributed by atoms with Crippen molar-refractivity contribution in [2.75, 3.05) is 0 Å². The van der Waals surface area contributed by atoms with Crippen LogP contribution in [-0.4, -0.2) is 11.9 Å². The number of benzene rings is 2. The van der Waals surface area contributed by atoms with E-state index >= 15 is 0 Å². The van der Waals surface area contributed by atoms with Crippen LogP contribution in [0.3, 0.4) is 0 Å². The second-order valence-electron chi connectivity index (χ2n) is 6.41. The van der Waals surface area contributed by atoms with E-state index in [2.05, 4.69) is 36.5 Å². The van der Waals surface area contributed by atoms with Crippen molar-refractivity contribution >= 4 is 5.91 Å². The summed E-state index contributed by atoms with van der Waals surface area (Å²) in [7, 11) is 0. The van der Waals surface area contributed by atoms with Crippen LogP contribution in [0.4, 0.5) is 0 Å². The van der Waals surface area contributed by atoms with Gasteiger partial charge in [0.2, 0.25) is 0 Å². The summed E-state index contributed by atoms with van der Waals surface area (Å²) in [5, 5.41) is 3.24. The second-order valence-corrected chi connectivity index (χ2v) is 6.41. The molecule has 0 aromatic heterocycles. The molecule has 0 aliphatic rings. The lowest BCUT2D eigenvalue weighted by molar-refractivity contribution is 0.0932. The molecule has 0 fully saturated rings. The van der Waals surface area contributed by atoms with Gasteiger partial charge in [-0.1, -0.05) is 81.1 Å². The van der Waals surface area contributed by atoms with Gasteiger partial charge in [0.05, 0.1) is 0 Å². The van der Waals surface area contributed by atoms with Gasteiger partial charge in [0, 0.05) is 11.6 Å². The van der Waals surface area contributed by atoms with E-state index in [1.165, 1.54) is 31.2 Å². The molecule has 0 spiro atoms. The van der Waals surface area contributed by atoms with Gasteiger partial charge in [-0.3, -0.25) is 4.79 Å². The Morgan fingerprint density at radius 1 is 0.875 bits per heavy atom. The number of aryl methyl sites for hydroxylation is 1. The Hall–Kier alpha value is -2.09. The first kappa shape index (κ1) is 18.3. The Bertz CT molecular complexity index is 579. The molecule has 0 saturated heterocycles. The van der Waals surface area contributed by atoms with Gasteiger partial charge in [-0.15, -0.1) is 0 Å². The Morgan fingerprint density at radius 3 is 2.21 bits per heavy atom. The number of carbonyl (C=O) groups is 1. The largest absolute Gasteiger partial charge is 0.349 e. The predicted octanol–water partition coefficient (Wildman–Crippen LogP) is 5.39. The zero-order chi connectivity index (χ0) is 17.0. The maximum atomic E-state index is 12.4. The average molecular weight is 323 g/mol. The Morgan fingerprint density at radius 2 is 1.54 bits per heavy atom. The quantitative estimate of drug-likeness (QED) is 0.584. The van der Waals surface area contributed by atoms with Crippen molar-refractivity contribution in [3.8, 4) is 0 Å². The maximum absolute atomic E-state index is 12.4. The van der Waals surface area contributed by atoms with Crippen molar-refractivity contribution in [3.05, 3.63) is 71.8 Å². The predicted molar refractivity (Wildman–Crippen MR) is 101 cm³/mol. The number of amides is 1. The Kier molecular flexibility index (Phi) is 8.09. The third-order valence-electron chi connectivity index (χ3n) is 4.40. The molecule has 0 unspecified atom stereocenters.